The summed E-state index contributed by atoms with van der Waals surface area (Å²) < 4.78 is 5.63. The van der Waals surface area contributed by atoms with E-state index in [9.17, 15) is 9.59 Å². The van der Waals surface area contributed by atoms with Crippen molar-refractivity contribution in [3.63, 3.8) is 0 Å². The number of carbonyl (C=O) groups is 2. The highest BCUT2D eigenvalue weighted by molar-refractivity contribution is 5.87. The van der Waals surface area contributed by atoms with Crippen LogP contribution in [0.5, 0.6) is 5.75 Å². The first-order valence-corrected chi connectivity index (χ1v) is 8.81. The molecular formula is C21H26N2O3. The van der Waals surface area contributed by atoms with Gasteiger partial charge in [-0.05, 0) is 36.6 Å². The fourth-order valence-corrected chi connectivity index (χ4v) is 2.62. The summed E-state index contributed by atoms with van der Waals surface area (Å²) in [5, 5.41) is 2.60. The molecule has 0 aromatic heterocycles. The van der Waals surface area contributed by atoms with Gasteiger partial charge in [-0.2, -0.15) is 0 Å². The molecule has 0 saturated carbocycles. The molecule has 26 heavy (non-hydrogen) atoms. The van der Waals surface area contributed by atoms with Crippen LogP contribution in [0.2, 0.25) is 0 Å². The van der Waals surface area contributed by atoms with Crippen LogP contribution in [0.3, 0.4) is 0 Å². The molecule has 0 radical (unpaired) electrons. The van der Waals surface area contributed by atoms with Crippen molar-refractivity contribution in [3.05, 3.63) is 65.7 Å². The van der Waals surface area contributed by atoms with Crippen LogP contribution in [0, 0.1) is 0 Å². The third-order valence-electron chi connectivity index (χ3n) is 4.30. The number of amides is 2. The minimum atomic E-state index is -0.584. The lowest BCUT2D eigenvalue weighted by Crippen LogP contribution is -2.48. The molecule has 2 aromatic carbocycles. The lowest BCUT2D eigenvalue weighted by atomic mass is 10.1. The maximum Gasteiger partial charge on any atom is 0.261 e. The van der Waals surface area contributed by atoms with E-state index in [4.69, 9.17) is 4.74 Å². The molecule has 0 bridgehead atoms. The minimum Gasteiger partial charge on any atom is -0.484 e. The number of benzene rings is 2. The van der Waals surface area contributed by atoms with Crippen LogP contribution >= 0.6 is 0 Å². The Kier molecular flexibility index (Phi) is 7.21. The molecule has 0 aliphatic heterocycles. The van der Waals surface area contributed by atoms with Crippen LogP contribution in [0.25, 0.3) is 0 Å². The summed E-state index contributed by atoms with van der Waals surface area (Å²) in [4.78, 5) is 26.3. The number of hydrogen-bond donors (Lipinski definition) is 1. The van der Waals surface area contributed by atoms with Crippen LogP contribution in [0.4, 0.5) is 0 Å². The quantitative estimate of drug-likeness (QED) is 0.793. The Morgan fingerprint density at radius 3 is 2.27 bits per heavy atom. The molecule has 5 nitrogen and oxygen atoms in total. The number of likely N-dealkylation sites (N-methyl/N-ethyl adjacent to an activating group) is 1. The molecule has 0 saturated heterocycles. The molecule has 0 fully saturated rings. The molecule has 2 aromatic rings. The number of rotatable bonds is 8. The van der Waals surface area contributed by atoms with Gasteiger partial charge >= 0.3 is 0 Å². The van der Waals surface area contributed by atoms with E-state index in [1.165, 1.54) is 10.5 Å². The van der Waals surface area contributed by atoms with Gasteiger partial charge in [0, 0.05) is 13.6 Å². The number of nitrogens with zero attached hydrogens (tertiary/aromatic N) is 1. The molecule has 0 spiro atoms. The Morgan fingerprint density at radius 2 is 1.69 bits per heavy atom. The van der Waals surface area contributed by atoms with Gasteiger partial charge in [0.2, 0.25) is 5.91 Å². The van der Waals surface area contributed by atoms with Crippen molar-refractivity contribution in [2.45, 2.75) is 32.9 Å². The van der Waals surface area contributed by atoms with E-state index < -0.39 is 6.04 Å². The Balaban J connectivity index is 2.07. The van der Waals surface area contributed by atoms with Crippen molar-refractivity contribution in [2.24, 2.45) is 0 Å². The molecule has 0 heterocycles. The van der Waals surface area contributed by atoms with Gasteiger partial charge in [-0.15, -0.1) is 0 Å². The van der Waals surface area contributed by atoms with Gasteiger partial charge in [0.05, 0.1) is 0 Å². The van der Waals surface area contributed by atoms with Gasteiger partial charge in [0.25, 0.3) is 5.91 Å². The van der Waals surface area contributed by atoms with Crippen LogP contribution in [-0.2, 0) is 22.6 Å². The van der Waals surface area contributed by atoms with Crippen molar-refractivity contribution in [2.75, 3.05) is 13.7 Å². The number of aryl methyl sites for hydroxylation is 1. The normalized spacial score (nSPS) is 11.5. The number of hydrogen-bond acceptors (Lipinski definition) is 3. The van der Waals surface area contributed by atoms with Gasteiger partial charge in [-0.3, -0.25) is 9.59 Å². The van der Waals surface area contributed by atoms with Gasteiger partial charge < -0.3 is 15.0 Å². The van der Waals surface area contributed by atoms with Gasteiger partial charge in [-0.1, -0.05) is 49.4 Å². The summed E-state index contributed by atoms with van der Waals surface area (Å²) >= 11 is 0. The van der Waals surface area contributed by atoms with E-state index in [0.717, 1.165) is 12.0 Å². The first kappa shape index (κ1) is 19.5. The molecular weight excluding hydrogens is 328 g/mol. The summed E-state index contributed by atoms with van der Waals surface area (Å²) in [6.07, 6.45) is 0.952. The highest BCUT2D eigenvalue weighted by atomic mass is 16.5. The smallest absolute Gasteiger partial charge is 0.261 e. The second-order valence-corrected chi connectivity index (χ2v) is 6.08. The summed E-state index contributed by atoms with van der Waals surface area (Å²) in [5.74, 6) is 0.203. The van der Waals surface area contributed by atoms with Crippen molar-refractivity contribution in [1.82, 2.24) is 10.2 Å². The Morgan fingerprint density at radius 1 is 1.04 bits per heavy atom. The lowest BCUT2D eigenvalue weighted by Gasteiger charge is -2.28. The molecule has 2 rings (SSSR count). The Bertz CT molecular complexity index is 714. The van der Waals surface area contributed by atoms with E-state index in [2.05, 4.69) is 12.2 Å². The van der Waals surface area contributed by atoms with Crippen molar-refractivity contribution < 1.29 is 14.3 Å². The Labute approximate surface area is 155 Å². The fourth-order valence-electron chi connectivity index (χ4n) is 2.62. The predicted molar refractivity (Wildman–Crippen MR) is 102 cm³/mol. The van der Waals surface area contributed by atoms with E-state index in [1.54, 1.807) is 14.0 Å². The maximum absolute atomic E-state index is 12.7. The summed E-state index contributed by atoms with van der Waals surface area (Å²) in [7, 11) is 1.57. The summed E-state index contributed by atoms with van der Waals surface area (Å²) in [6, 6.07) is 16.7. The summed E-state index contributed by atoms with van der Waals surface area (Å²) in [5.41, 5.74) is 2.17. The Hall–Kier alpha value is -2.82. The van der Waals surface area contributed by atoms with Crippen LogP contribution in [0.15, 0.2) is 54.6 Å². The molecule has 1 atom stereocenters. The van der Waals surface area contributed by atoms with Gasteiger partial charge in [0.15, 0.2) is 6.61 Å². The maximum atomic E-state index is 12.7. The van der Waals surface area contributed by atoms with Gasteiger partial charge in [0.1, 0.15) is 11.8 Å². The molecule has 1 N–H and O–H groups in total. The van der Waals surface area contributed by atoms with Crippen LogP contribution in [-0.4, -0.2) is 36.4 Å². The van der Waals surface area contributed by atoms with E-state index >= 15 is 0 Å². The van der Waals surface area contributed by atoms with Crippen LogP contribution < -0.4 is 10.1 Å². The molecule has 0 aliphatic rings. The third kappa shape index (κ3) is 5.34. The highest BCUT2D eigenvalue weighted by Crippen LogP contribution is 2.14. The second-order valence-electron chi connectivity index (χ2n) is 6.08. The molecule has 2 amide bonds. The van der Waals surface area contributed by atoms with Crippen molar-refractivity contribution >= 4 is 11.8 Å². The monoisotopic (exact) mass is 354 g/mol. The highest BCUT2D eigenvalue weighted by Gasteiger charge is 2.25. The van der Waals surface area contributed by atoms with Crippen molar-refractivity contribution in [1.29, 1.82) is 0 Å². The second kappa shape index (κ2) is 9.61. The molecule has 138 valence electrons. The first-order chi connectivity index (χ1) is 12.5. The first-order valence-electron chi connectivity index (χ1n) is 8.81. The topological polar surface area (TPSA) is 58.6 Å². The minimum absolute atomic E-state index is 0.111. The summed E-state index contributed by atoms with van der Waals surface area (Å²) in [6.45, 7) is 4.04. The van der Waals surface area contributed by atoms with Gasteiger partial charge in [-0.25, -0.2) is 0 Å². The largest absolute Gasteiger partial charge is 0.484 e. The van der Waals surface area contributed by atoms with E-state index in [1.807, 2.05) is 54.6 Å². The molecule has 0 unspecified atom stereocenters. The van der Waals surface area contributed by atoms with Crippen molar-refractivity contribution in [3.8, 4) is 5.75 Å². The number of ether oxygens (including phenoxy) is 1. The molecule has 0 aliphatic carbocycles. The number of carbonyl (C=O) groups excluding carboxylic acids is 2. The lowest BCUT2D eigenvalue weighted by molar-refractivity contribution is -0.142. The zero-order valence-corrected chi connectivity index (χ0v) is 15.6. The fraction of sp³-hybridized carbons (Fsp3) is 0.333. The zero-order chi connectivity index (χ0) is 18.9. The van der Waals surface area contributed by atoms with E-state index in [0.29, 0.717) is 12.3 Å². The zero-order valence-electron chi connectivity index (χ0n) is 15.6. The average Bonchev–Trinajstić information content (AvgIpc) is 2.70. The SMILES string of the molecule is CCc1ccc(OCC(=O)N(Cc2ccccc2)[C@H](C)C(=O)NC)cc1. The number of nitrogens with one attached hydrogen (secondary N) is 1. The van der Waals surface area contributed by atoms with Crippen LogP contribution in [0.1, 0.15) is 25.0 Å². The molecule has 5 heteroatoms. The predicted octanol–water partition coefficient (Wildman–Crippen LogP) is 2.79. The standard InChI is InChI=1S/C21H26N2O3/c1-4-17-10-12-19(13-11-17)26-15-20(24)23(16(2)21(25)22-3)14-18-8-6-5-7-9-18/h5-13,16H,4,14-15H2,1-3H3,(H,22,25)/t16-/m1/s1. The third-order valence-corrected chi connectivity index (χ3v) is 4.30. The average molecular weight is 354 g/mol. The van der Waals surface area contributed by atoms with E-state index in [-0.39, 0.29) is 18.4 Å².